The van der Waals surface area contributed by atoms with Gasteiger partial charge in [-0.3, -0.25) is 4.99 Å². The minimum absolute atomic E-state index is 0.510. The summed E-state index contributed by atoms with van der Waals surface area (Å²) in [6.45, 7) is 13.1. The Hall–Kier alpha value is -1.59. The van der Waals surface area contributed by atoms with Crippen molar-refractivity contribution in [1.82, 2.24) is 9.80 Å². The van der Waals surface area contributed by atoms with E-state index in [1.54, 1.807) is 0 Å². The van der Waals surface area contributed by atoms with Gasteiger partial charge in [0.2, 0.25) is 0 Å². The summed E-state index contributed by atoms with van der Waals surface area (Å²) < 4.78 is 0. The summed E-state index contributed by atoms with van der Waals surface area (Å²) >= 11 is 0. The Morgan fingerprint density at radius 2 is 1.76 bits per heavy atom. The number of anilines is 1. The van der Waals surface area contributed by atoms with Gasteiger partial charge in [0.15, 0.2) is 5.96 Å². The zero-order valence-electron chi connectivity index (χ0n) is 16.4. The fourth-order valence-electron chi connectivity index (χ4n) is 3.35. The van der Waals surface area contributed by atoms with Crippen molar-refractivity contribution in [3.8, 4) is 0 Å². The third kappa shape index (κ3) is 6.01. The van der Waals surface area contributed by atoms with Crippen LogP contribution in [-0.4, -0.2) is 62.1 Å². The lowest BCUT2D eigenvalue weighted by atomic mass is 10.0. The van der Waals surface area contributed by atoms with Gasteiger partial charge in [0.25, 0.3) is 0 Å². The highest BCUT2D eigenvalue weighted by molar-refractivity contribution is 5.93. The summed E-state index contributed by atoms with van der Waals surface area (Å²) in [4.78, 5) is 9.52. The summed E-state index contributed by atoms with van der Waals surface area (Å²) in [7, 11) is 2.19. The molecule has 1 heterocycles. The van der Waals surface area contributed by atoms with Gasteiger partial charge in [-0.05, 0) is 36.9 Å². The number of para-hydroxylation sites is 1. The summed E-state index contributed by atoms with van der Waals surface area (Å²) in [6.07, 6.45) is 1.98. The summed E-state index contributed by atoms with van der Waals surface area (Å²) in [5.74, 6) is 1.04. The van der Waals surface area contributed by atoms with Crippen molar-refractivity contribution < 1.29 is 0 Å². The summed E-state index contributed by atoms with van der Waals surface area (Å²) in [5, 5.41) is 3.35. The Morgan fingerprint density at radius 1 is 1.16 bits per heavy atom. The number of nitrogens with one attached hydrogen (secondary N) is 1. The molecule has 0 aromatic heterocycles. The number of hydrogen-bond donors (Lipinski definition) is 2. The Labute approximate surface area is 153 Å². The molecular formula is C20H35N5. The number of rotatable bonds is 7. The fraction of sp³-hybridized carbons (Fsp3) is 0.650. The number of nitrogens with zero attached hydrogens (tertiary/aromatic N) is 3. The van der Waals surface area contributed by atoms with Crippen LogP contribution in [-0.2, 0) is 12.8 Å². The van der Waals surface area contributed by atoms with Gasteiger partial charge in [0.1, 0.15) is 0 Å². The monoisotopic (exact) mass is 345 g/mol. The van der Waals surface area contributed by atoms with E-state index in [9.17, 15) is 0 Å². The second-order valence-corrected chi connectivity index (χ2v) is 7.22. The largest absolute Gasteiger partial charge is 0.370 e. The van der Waals surface area contributed by atoms with Crippen LogP contribution >= 0.6 is 0 Å². The molecule has 0 amide bonds. The first-order valence-corrected chi connectivity index (χ1v) is 9.62. The van der Waals surface area contributed by atoms with Gasteiger partial charge in [-0.2, -0.15) is 0 Å². The molecule has 1 aromatic rings. The van der Waals surface area contributed by atoms with Gasteiger partial charge in [-0.15, -0.1) is 0 Å². The van der Waals surface area contributed by atoms with Gasteiger partial charge < -0.3 is 20.9 Å². The summed E-state index contributed by atoms with van der Waals surface area (Å²) in [6, 6.07) is 6.43. The lowest BCUT2D eigenvalue weighted by Crippen LogP contribution is -2.46. The highest BCUT2D eigenvalue weighted by Crippen LogP contribution is 2.22. The molecule has 3 N–H and O–H groups in total. The van der Waals surface area contributed by atoms with Crippen molar-refractivity contribution in [3.05, 3.63) is 29.3 Å². The molecule has 0 spiro atoms. The van der Waals surface area contributed by atoms with Crippen molar-refractivity contribution in [2.45, 2.75) is 33.6 Å². The zero-order chi connectivity index (χ0) is 18.2. The molecule has 140 valence electrons. The first kappa shape index (κ1) is 19.7. The standard InChI is InChI=1S/C20H35N5/c1-5-17-8-7-9-18(6-2)19(17)23-20(21)22-14-16(3)15-25-12-10-24(4)11-13-25/h7-9,16H,5-6,10-15H2,1-4H3,(H3,21,22,23). The third-order valence-electron chi connectivity index (χ3n) is 4.99. The number of guanidine groups is 1. The van der Waals surface area contributed by atoms with Crippen LogP contribution in [0.2, 0.25) is 0 Å². The van der Waals surface area contributed by atoms with E-state index in [4.69, 9.17) is 5.73 Å². The lowest BCUT2D eigenvalue weighted by Gasteiger charge is -2.33. The van der Waals surface area contributed by atoms with Gasteiger partial charge in [-0.25, -0.2) is 0 Å². The highest BCUT2D eigenvalue weighted by atomic mass is 15.2. The molecule has 2 rings (SSSR count). The van der Waals surface area contributed by atoms with Crippen molar-refractivity contribution in [1.29, 1.82) is 0 Å². The molecular weight excluding hydrogens is 310 g/mol. The molecule has 0 bridgehead atoms. The SMILES string of the molecule is CCc1cccc(CC)c1NC(N)=NCC(C)CN1CCN(C)CC1. The molecule has 0 radical (unpaired) electrons. The predicted octanol–water partition coefficient (Wildman–Crippen LogP) is 2.42. The number of hydrogen-bond acceptors (Lipinski definition) is 3. The van der Waals surface area contributed by atoms with Crippen molar-refractivity contribution in [3.63, 3.8) is 0 Å². The van der Waals surface area contributed by atoms with Crippen LogP contribution in [0.3, 0.4) is 0 Å². The van der Waals surface area contributed by atoms with Gasteiger partial charge >= 0.3 is 0 Å². The molecule has 0 saturated carbocycles. The van der Waals surface area contributed by atoms with Crippen LogP contribution in [0.1, 0.15) is 31.9 Å². The molecule has 0 aliphatic carbocycles. The van der Waals surface area contributed by atoms with Crippen molar-refractivity contribution >= 4 is 11.6 Å². The van der Waals surface area contributed by atoms with Crippen LogP contribution in [0, 0.1) is 5.92 Å². The number of nitrogens with two attached hydrogens (primary N) is 1. The second kappa shape index (κ2) is 9.78. The van der Waals surface area contributed by atoms with E-state index >= 15 is 0 Å². The molecule has 1 aliphatic heterocycles. The molecule has 1 aromatic carbocycles. The molecule has 1 unspecified atom stereocenters. The minimum atomic E-state index is 0.510. The average molecular weight is 346 g/mol. The quantitative estimate of drug-likeness (QED) is 0.589. The van der Waals surface area contributed by atoms with E-state index < -0.39 is 0 Å². The van der Waals surface area contributed by atoms with Crippen LogP contribution in [0.5, 0.6) is 0 Å². The normalized spacial score (nSPS) is 18.3. The molecule has 25 heavy (non-hydrogen) atoms. The minimum Gasteiger partial charge on any atom is -0.370 e. The third-order valence-corrected chi connectivity index (χ3v) is 4.99. The Balaban J connectivity index is 1.89. The molecule has 1 atom stereocenters. The van der Waals surface area contributed by atoms with Crippen LogP contribution in [0.4, 0.5) is 5.69 Å². The smallest absolute Gasteiger partial charge is 0.193 e. The topological polar surface area (TPSA) is 56.9 Å². The molecule has 1 aliphatic rings. The molecule has 1 fully saturated rings. The summed E-state index contributed by atoms with van der Waals surface area (Å²) in [5.41, 5.74) is 9.90. The highest BCUT2D eigenvalue weighted by Gasteiger charge is 2.16. The molecule has 5 nitrogen and oxygen atoms in total. The first-order valence-electron chi connectivity index (χ1n) is 9.62. The number of aryl methyl sites for hydroxylation is 2. The van der Waals surface area contributed by atoms with E-state index in [1.807, 2.05) is 0 Å². The number of benzene rings is 1. The number of piperazine rings is 1. The van der Waals surface area contributed by atoms with E-state index in [0.717, 1.165) is 57.8 Å². The maximum absolute atomic E-state index is 6.17. The van der Waals surface area contributed by atoms with Gasteiger partial charge in [0.05, 0.1) is 0 Å². The predicted molar refractivity (Wildman–Crippen MR) is 108 cm³/mol. The average Bonchev–Trinajstić information content (AvgIpc) is 2.62. The maximum Gasteiger partial charge on any atom is 0.193 e. The molecule has 1 saturated heterocycles. The van der Waals surface area contributed by atoms with E-state index in [0.29, 0.717) is 11.9 Å². The molecule has 5 heteroatoms. The van der Waals surface area contributed by atoms with E-state index in [-0.39, 0.29) is 0 Å². The van der Waals surface area contributed by atoms with Crippen molar-refractivity contribution in [2.75, 3.05) is 51.6 Å². The van der Waals surface area contributed by atoms with Crippen molar-refractivity contribution in [2.24, 2.45) is 16.6 Å². The van der Waals surface area contributed by atoms with Gasteiger partial charge in [-0.1, -0.05) is 39.0 Å². The number of likely N-dealkylation sites (N-methyl/N-ethyl adjacent to an activating group) is 1. The lowest BCUT2D eigenvalue weighted by molar-refractivity contribution is 0.140. The Bertz CT molecular complexity index is 539. The Kier molecular flexibility index (Phi) is 7.72. The fourth-order valence-corrected chi connectivity index (χ4v) is 3.35. The van der Waals surface area contributed by atoms with E-state index in [1.165, 1.54) is 11.1 Å². The van der Waals surface area contributed by atoms with Gasteiger partial charge in [0, 0.05) is 45.0 Å². The van der Waals surface area contributed by atoms with E-state index in [2.05, 4.69) is 66.1 Å². The number of aliphatic imine (C=N–C) groups is 1. The maximum atomic E-state index is 6.17. The van der Waals surface area contributed by atoms with Crippen LogP contribution in [0.15, 0.2) is 23.2 Å². The first-order chi connectivity index (χ1) is 12.0. The zero-order valence-corrected chi connectivity index (χ0v) is 16.4. The van der Waals surface area contributed by atoms with Crippen LogP contribution in [0.25, 0.3) is 0 Å². The second-order valence-electron chi connectivity index (χ2n) is 7.22. The van der Waals surface area contributed by atoms with Crippen LogP contribution < -0.4 is 11.1 Å². The Morgan fingerprint density at radius 3 is 2.32 bits per heavy atom.